The van der Waals surface area contributed by atoms with Crippen molar-refractivity contribution in [1.29, 1.82) is 0 Å². The molecule has 0 saturated carbocycles. The van der Waals surface area contributed by atoms with E-state index in [9.17, 15) is 5.11 Å². The number of fused-ring (bicyclic) bond motifs is 1. The number of rotatable bonds is 4. The van der Waals surface area contributed by atoms with Crippen molar-refractivity contribution in [3.8, 4) is 0 Å². The van der Waals surface area contributed by atoms with E-state index in [4.69, 9.17) is 11.6 Å². The SMILES string of the molecule is Cc1cc2cc(CNC(O)c3ccc(Cl)s3)ccc2[nH]1. The van der Waals surface area contributed by atoms with Gasteiger partial charge in [0.25, 0.3) is 0 Å². The number of halogens is 1. The molecule has 0 spiro atoms. The summed E-state index contributed by atoms with van der Waals surface area (Å²) >= 11 is 7.25. The second kappa shape index (κ2) is 5.58. The highest BCUT2D eigenvalue weighted by atomic mass is 35.5. The molecule has 0 aliphatic heterocycles. The maximum Gasteiger partial charge on any atom is 0.140 e. The van der Waals surface area contributed by atoms with Gasteiger partial charge >= 0.3 is 0 Å². The Morgan fingerprint density at radius 1 is 1.30 bits per heavy atom. The van der Waals surface area contributed by atoms with Crippen LogP contribution in [0.15, 0.2) is 36.4 Å². The van der Waals surface area contributed by atoms with Gasteiger partial charge in [-0.15, -0.1) is 11.3 Å². The van der Waals surface area contributed by atoms with Crippen LogP contribution < -0.4 is 5.32 Å². The van der Waals surface area contributed by atoms with E-state index in [2.05, 4.69) is 34.6 Å². The van der Waals surface area contributed by atoms with Crippen LogP contribution >= 0.6 is 22.9 Å². The summed E-state index contributed by atoms with van der Waals surface area (Å²) in [6.45, 7) is 2.65. The largest absolute Gasteiger partial charge is 0.373 e. The first kappa shape index (κ1) is 13.6. The lowest BCUT2D eigenvalue weighted by Gasteiger charge is -2.11. The second-order valence-corrected chi connectivity index (χ2v) is 6.55. The van der Waals surface area contributed by atoms with E-state index in [1.165, 1.54) is 16.7 Å². The van der Waals surface area contributed by atoms with Crippen LogP contribution in [-0.4, -0.2) is 10.1 Å². The van der Waals surface area contributed by atoms with Gasteiger partial charge in [-0.05, 0) is 48.2 Å². The van der Waals surface area contributed by atoms with Crippen molar-refractivity contribution < 1.29 is 5.11 Å². The third kappa shape index (κ3) is 2.88. The Morgan fingerprint density at radius 3 is 2.90 bits per heavy atom. The molecule has 1 atom stereocenters. The Bertz CT molecular complexity index is 734. The minimum atomic E-state index is -0.684. The van der Waals surface area contributed by atoms with Crippen molar-refractivity contribution in [2.45, 2.75) is 19.7 Å². The molecule has 2 aromatic heterocycles. The molecular weight excluding hydrogens is 292 g/mol. The van der Waals surface area contributed by atoms with Crippen molar-refractivity contribution in [3.63, 3.8) is 0 Å². The second-order valence-electron chi connectivity index (χ2n) is 4.80. The normalized spacial score (nSPS) is 12.9. The van der Waals surface area contributed by atoms with Gasteiger partial charge in [0.15, 0.2) is 0 Å². The molecule has 0 aliphatic rings. The Morgan fingerprint density at radius 2 is 2.15 bits per heavy atom. The van der Waals surface area contributed by atoms with Crippen LogP contribution in [0.25, 0.3) is 10.9 Å². The van der Waals surface area contributed by atoms with Gasteiger partial charge in [0.2, 0.25) is 0 Å². The van der Waals surface area contributed by atoms with Crippen LogP contribution in [0, 0.1) is 6.92 Å². The number of thiophene rings is 1. The van der Waals surface area contributed by atoms with Crippen LogP contribution in [0.3, 0.4) is 0 Å². The fraction of sp³-hybridized carbons (Fsp3) is 0.200. The molecule has 1 aromatic carbocycles. The average molecular weight is 307 g/mol. The van der Waals surface area contributed by atoms with Crippen molar-refractivity contribution in [1.82, 2.24) is 10.3 Å². The van der Waals surface area contributed by atoms with Crippen LogP contribution in [0.4, 0.5) is 0 Å². The lowest BCUT2D eigenvalue weighted by atomic mass is 10.1. The summed E-state index contributed by atoms with van der Waals surface area (Å²) in [6.07, 6.45) is -0.684. The zero-order valence-corrected chi connectivity index (χ0v) is 12.6. The van der Waals surface area contributed by atoms with Gasteiger partial charge in [-0.2, -0.15) is 0 Å². The number of H-pyrrole nitrogens is 1. The third-order valence-electron chi connectivity index (χ3n) is 3.18. The molecule has 0 saturated heterocycles. The molecule has 3 nitrogen and oxygen atoms in total. The van der Waals surface area contributed by atoms with E-state index >= 15 is 0 Å². The van der Waals surface area contributed by atoms with Gasteiger partial charge < -0.3 is 10.1 Å². The zero-order valence-electron chi connectivity index (χ0n) is 11.0. The van der Waals surface area contributed by atoms with Gasteiger partial charge in [-0.25, -0.2) is 0 Å². The lowest BCUT2D eigenvalue weighted by Crippen LogP contribution is -2.19. The molecule has 0 bridgehead atoms. The molecule has 0 amide bonds. The highest BCUT2D eigenvalue weighted by Crippen LogP contribution is 2.26. The van der Waals surface area contributed by atoms with E-state index in [1.807, 2.05) is 13.0 Å². The van der Waals surface area contributed by atoms with Gasteiger partial charge in [0, 0.05) is 22.6 Å². The highest BCUT2D eigenvalue weighted by Gasteiger charge is 2.09. The lowest BCUT2D eigenvalue weighted by molar-refractivity contribution is 0.141. The Hall–Kier alpha value is -1.33. The van der Waals surface area contributed by atoms with Crippen molar-refractivity contribution in [2.24, 2.45) is 0 Å². The first-order chi connectivity index (χ1) is 9.61. The minimum absolute atomic E-state index is 0.608. The molecule has 0 fully saturated rings. The van der Waals surface area contributed by atoms with E-state index < -0.39 is 6.23 Å². The molecule has 3 N–H and O–H groups in total. The summed E-state index contributed by atoms with van der Waals surface area (Å²) < 4.78 is 0.685. The van der Waals surface area contributed by atoms with Gasteiger partial charge in [0.1, 0.15) is 6.23 Å². The van der Waals surface area contributed by atoms with Crippen molar-refractivity contribution in [2.75, 3.05) is 0 Å². The van der Waals surface area contributed by atoms with E-state index in [1.54, 1.807) is 6.07 Å². The predicted octanol–water partition coefficient (Wildman–Crippen LogP) is 3.97. The van der Waals surface area contributed by atoms with Gasteiger partial charge in [0.05, 0.1) is 4.34 Å². The number of benzene rings is 1. The molecule has 20 heavy (non-hydrogen) atoms. The van der Waals surface area contributed by atoms with Crippen molar-refractivity contribution in [3.05, 3.63) is 56.9 Å². The first-order valence-electron chi connectivity index (χ1n) is 6.37. The smallest absolute Gasteiger partial charge is 0.140 e. The standard InChI is InChI=1S/C15H15ClN2OS/c1-9-6-11-7-10(2-3-12(11)18-9)8-17-15(19)13-4-5-14(16)20-13/h2-7,15,17-19H,8H2,1H3. The van der Waals surface area contributed by atoms with E-state index in [0.717, 1.165) is 21.7 Å². The van der Waals surface area contributed by atoms with Crippen LogP contribution in [-0.2, 0) is 6.54 Å². The average Bonchev–Trinajstić information content (AvgIpc) is 3.00. The number of nitrogens with one attached hydrogen (secondary N) is 2. The fourth-order valence-corrected chi connectivity index (χ4v) is 3.25. The number of hydrogen-bond acceptors (Lipinski definition) is 3. The Kier molecular flexibility index (Phi) is 3.81. The number of aliphatic hydroxyl groups is 1. The Balaban J connectivity index is 1.70. The molecule has 0 radical (unpaired) electrons. The number of aromatic amines is 1. The molecule has 5 heteroatoms. The Labute approximate surface area is 126 Å². The van der Waals surface area contributed by atoms with E-state index in [0.29, 0.717) is 10.9 Å². The number of hydrogen-bond donors (Lipinski definition) is 3. The third-order valence-corrected chi connectivity index (χ3v) is 4.47. The molecule has 1 unspecified atom stereocenters. The molecule has 0 aliphatic carbocycles. The minimum Gasteiger partial charge on any atom is -0.373 e. The zero-order chi connectivity index (χ0) is 14.1. The van der Waals surface area contributed by atoms with Gasteiger partial charge in [-0.3, -0.25) is 5.32 Å². The maximum absolute atomic E-state index is 10.0. The number of aryl methyl sites for hydroxylation is 1. The van der Waals surface area contributed by atoms with Crippen LogP contribution in [0.2, 0.25) is 4.34 Å². The number of aliphatic hydroxyl groups excluding tert-OH is 1. The predicted molar refractivity (Wildman–Crippen MR) is 84.2 cm³/mol. The fourth-order valence-electron chi connectivity index (χ4n) is 2.23. The molecule has 3 aromatic rings. The highest BCUT2D eigenvalue weighted by molar-refractivity contribution is 7.16. The quantitative estimate of drug-likeness (QED) is 0.639. The van der Waals surface area contributed by atoms with Crippen LogP contribution in [0.1, 0.15) is 22.4 Å². The summed E-state index contributed by atoms with van der Waals surface area (Å²) in [4.78, 5) is 4.12. The summed E-state index contributed by atoms with van der Waals surface area (Å²) in [5.41, 5.74) is 3.42. The topological polar surface area (TPSA) is 48.0 Å². The summed E-state index contributed by atoms with van der Waals surface area (Å²) in [5.74, 6) is 0. The molecule has 3 rings (SSSR count). The maximum atomic E-state index is 10.0. The molecular formula is C15H15ClN2OS. The van der Waals surface area contributed by atoms with E-state index in [-0.39, 0.29) is 0 Å². The number of aromatic nitrogens is 1. The summed E-state index contributed by atoms with van der Waals surface area (Å²) in [6, 6.07) is 12.0. The molecule has 104 valence electrons. The first-order valence-corrected chi connectivity index (χ1v) is 7.56. The monoisotopic (exact) mass is 306 g/mol. The van der Waals surface area contributed by atoms with Gasteiger partial charge in [-0.1, -0.05) is 17.7 Å². The molecule has 2 heterocycles. The van der Waals surface area contributed by atoms with Crippen LogP contribution in [0.5, 0.6) is 0 Å². The summed E-state index contributed by atoms with van der Waals surface area (Å²) in [5, 5.41) is 14.3. The van der Waals surface area contributed by atoms with Crippen molar-refractivity contribution >= 4 is 33.8 Å². The summed E-state index contributed by atoms with van der Waals surface area (Å²) in [7, 11) is 0.